The lowest BCUT2D eigenvalue weighted by atomic mass is 9.72. The first kappa shape index (κ1) is 23.9. The quantitative estimate of drug-likeness (QED) is 0.460. The van der Waals surface area contributed by atoms with Gasteiger partial charge in [-0.3, -0.25) is 15.0 Å². The van der Waals surface area contributed by atoms with Gasteiger partial charge in [-0.25, -0.2) is 0 Å². The van der Waals surface area contributed by atoms with Gasteiger partial charge in [-0.2, -0.15) is 0 Å². The third kappa shape index (κ3) is 5.05. The Balaban J connectivity index is 1.17. The number of rotatable bonds is 6. The Morgan fingerprint density at radius 2 is 1.81 bits per heavy atom. The summed E-state index contributed by atoms with van der Waals surface area (Å²) in [5, 5.41) is 3.54. The topological polar surface area (TPSA) is 71.9 Å². The van der Waals surface area contributed by atoms with Gasteiger partial charge in [0.2, 0.25) is 0 Å². The summed E-state index contributed by atoms with van der Waals surface area (Å²) in [6.45, 7) is 6.11. The predicted octanol–water partition coefficient (Wildman–Crippen LogP) is 5.87. The molecule has 5 heterocycles. The van der Waals surface area contributed by atoms with E-state index in [2.05, 4.69) is 35.3 Å². The zero-order valence-electron chi connectivity index (χ0n) is 21.8. The van der Waals surface area contributed by atoms with E-state index >= 15 is 0 Å². The monoisotopic (exact) mass is 497 g/mol. The van der Waals surface area contributed by atoms with Crippen LogP contribution in [0.3, 0.4) is 0 Å². The second kappa shape index (κ2) is 10.1. The molecule has 7 nitrogen and oxygen atoms in total. The number of nitrogens with zero attached hydrogens (tertiary/aromatic N) is 4. The van der Waals surface area contributed by atoms with Crippen LogP contribution in [0, 0.1) is 5.41 Å². The molecule has 37 heavy (non-hydrogen) atoms. The van der Waals surface area contributed by atoms with Crippen molar-refractivity contribution >= 4 is 28.5 Å². The molecule has 7 heteroatoms. The highest BCUT2D eigenvalue weighted by molar-refractivity contribution is 5.95. The molecular weight excluding hydrogens is 462 g/mol. The highest BCUT2D eigenvalue weighted by Crippen LogP contribution is 2.42. The molecule has 0 bridgehead atoms. The first-order valence-corrected chi connectivity index (χ1v) is 13.4. The molecule has 192 valence electrons. The molecule has 0 radical (unpaired) electrons. The highest BCUT2D eigenvalue weighted by Gasteiger charge is 2.36. The number of nitrogens with one attached hydrogen (secondary N) is 1. The molecule has 0 amide bonds. The molecule has 0 unspecified atom stereocenters. The number of hydrogen-bond acceptors (Lipinski definition) is 7. The van der Waals surface area contributed by atoms with Crippen LogP contribution in [0.15, 0.2) is 53.7 Å². The second-order valence-electron chi connectivity index (χ2n) is 10.6. The van der Waals surface area contributed by atoms with Gasteiger partial charge in [0.25, 0.3) is 0 Å². The zero-order chi connectivity index (χ0) is 25.2. The standard InChI is InChI=1S/C30H35N5O2/c1-21-17-26-29(32-21)27(34-25-5-3-4-6-28(25)36-2)19-23(33-26)18-22-7-8-24(20-31-22)35-13-9-30(10-14-35)11-15-37-16-12-30/h3-8,19-20H,9-18H2,1-2H3,(H,33,34). The van der Waals surface area contributed by atoms with Crippen LogP contribution in [0.5, 0.6) is 5.75 Å². The van der Waals surface area contributed by atoms with Crippen molar-refractivity contribution in [3.63, 3.8) is 0 Å². The van der Waals surface area contributed by atoms with Gasteiger partial charge in [0.15, 0.2) is 0 Å². The average molecular weight is 498 g/mol. The smallest absolute Gasteiger partial charge is 0.142 e. The third-order valence-electron chi connectivity index (χ3n) is 8.13. The van der Waals surface area contributed by atoms with Crippen molar-refractivity contribution < 1.29 is 9.47 Å². The molecule has 3 aliphatic rings. The van der Waals surface area contributed by atoms with Crippen LogP contribution >= 0.6 is 0 Å². The van der Waals surface area contributed by atoms with E-state index < -0.39 is 0 Å². The van der Waals surface area contributed by atoms with Gasteiger partial charge in [0, 0.05) is 56.2 Å². The molecule has 1 aromatic carbocycles. The number of aromatic nitrogens is 2. The van der Waals surface area contributed by atoms with E-state index in [4.69, 9.17) is 24.4 Å². The molecule has 1 N–H and O–H groups in total. The van der Waals surface area contributed by atoms with Gasteiger partial charge in [-0.15, -0.1) is 0 Å². The summed E-state index contributed by atoms with van der Waals surface area (Å²) < 4.78 is 11.1. The largest absolute Gasteiger partial charge is 0.495 e. The SMILES string of the molecule is COc1ccccc1Nc1cc(Cc2ccc(N3CCC4(CCOCC4)CC3)cn2)nc2c1N=C(C)C2. The molecule has 2 aromatic heterocycles. The van der Waals surface area contributed by atoms with Crippen molar-refractivity contribution in [3.8, 4) is 5.75 Å². The van der Waals surface area contributed by atoms with Gasteiger partial charge < -0.3 is 19.7 Å². The maximum atomic E-state index is 5.60. The van der Waals surface area contributed by atoms with E-state index in [0.717, 1.165) is 78.3 Å². The fraction of sp³-hybridized carbons (Fsp3) is 0.433. The van der Waals surface area contributed by atoms with Crippen molar-refractivity contribution in [2.75, 3.05) is 43.6 Å². The van der Waals surface area contributed by atoms with Crippen LogP contribution < -0.4 is 15.0 Å². The minimum atomic E-state index is 0.499. The van der Waals surface area contributed by atoms with Crippen LogP contribution in [0.25, 0.3) is 0 Å². The number of fused-ring (bicyclic) bond motifs is 1. The normalized spacial score (nSPS) is 18.4. The van der Waals surface area contributed by atoms with Crippen molar-refractivity contribution in [2.24, 2.45) is 10.4 Å². The maximum Gasteiger partial charge on any atom is 0.142 e. The van der Waals surface area contributed by atoms with Crippen molar-refractivity contribution in [2.45, 2.75) is 45.4 Å². The van der Waals surface area contributed by atoms with Crippen LogP contribution in [0.2, 0.25) is 0 Å². The minimum absolute atomic E-state index is 0.499. The number of aliphatic imine (C=N–C) groups is 1. The molecule has 1 spiro atoms. The van der Waals surface area contributed by atoms with Crippen molar-refractivity contribution in [1.82, 2.24) is 9.97 Å². The first-order valence-electron chi connectivity index (χ1n) is 13.4. The molecule has 0 saturated carbocycles. The summed E-state index contributed by atoms with van der Waals surface area (Å²) in [7, 11) is 1.69. The van der Waals surface area contributed by atoms with Crippen LogP contribution in [0.4, 0.5) is 22.7 Å². The summed E-state index contributed by atoms with van der Waals surface area (Å²) >= 11 is 0. The summed E-state index contributed by atoms with van der Waals surface area (Å²) in [5.41, 5.74) is 8.60. The Labute approximate surface area is 219 Å². The van der Waals surface area contributed by atoms with Gasteiger partial charge >= 0.3 is 0 Å². The van der Waals surface area contributed by atoms with E-state index in [0.29, 0.717) is 11.8 Å². The van der Waals surface area contributed by atoms with E-state index in [9.17, 15) is 0 Å². The number of piperidine rings is 1. The minimum Gasteiger partial charge on any atom is -0.495 e. The summed E-state index contributed by atoms with van der Waals surface area (Å²) in [5.74, 6) is 0.797. The Kier molecular flexibility index (Phi) is 6.55. The number of anilines is 3. The Morgan fingerprint density at radius 3 is 2.57 bits per heavy atom. The van der Waals surface area contributed by atoms with Crippen LogP contribution in [-0.4, -0.2) is 49.1 Å². The maximum absolute atomic E-state index is 5.60. The van der Waals surface area contributed by atoms with E-state index in [1.54, 1.807) is 7.11 Å². The van der Waals surface area contributed by atoms with Crippen molar-refractivity contribution in [3.05, 3.63) is 65.7 Å². The number of ether oxygens (including phenoxy) is 2. The van der Waals surface area contributed by atoms with Crippen LogP contribution in [0.1, 0.15) is 49.7 Å². The molecule has 2 saturated heterocycles. The van der Waals surface area contributed by atoms with Gasteiger partial charge in [-0.05, 0) is 68.4 Å². The molecule has 6 rings (SSSR count). The fourth-order valence-corrected chi connectivity index (χ4v) is 5.89. The number of hydrogen-bond donors (Lipinski definition) is 1. The predicted molar refractivity (Wildman–Crippen MR) is 148 cm³/mol. The molecule has 0 atom stereocenters. The number of benzene rings is 1. The van der Waals surface area contributed by atoms with E-state index in [1.165, 1.54) is 31.4 Å². The molecule has 2 fully saturated rings. The Hall–Kier alpha value is -3.45. The van der Waals surface area contributed by atoms with Crippen molar-refractivity contribution in [1.29, 1.82) is 0 Å². The number of para-hydroxylation sites is 2. The lowest BCUT2D eigenvalue weighted by Crippen LogP contribution is -2.43. The lowest BCUT2D eigenvalue weighted by molar-refractivity contribution is 0.00212. The van der Waals surface area contributed by atoms with E-state index in [-0.39, 0.29) is 0 Å². The van der Waals surface area contributed by atoms with Crippen LogP contribution in [-0.2, 0) is 17.6 Å². The van der Waals surface area contributed by atoms with Gasteiger partial charge in [0.1, 0.15) is 11.4 Å². The van der Waals surface area contributed by atoms with Gasteiger partial charge in [-0.1, -0.05) is 12.1 Å². The summed E-state index contributed by atoms with van der Waals surface area (Å²) in [4.78, 5) is 17.0. The second-order valence-corrected chi connectivity index (χ2v) is 10.6. The Morgan fingerprint density at radius 1 is 1.00 bits per heavy atom. The average Bonchev–Trinajstić information content (AvgIpc) is 3.31. The summed E-state index contributed by atoms with van der Waals surface area (Å²) in [6, 6.07) is 14.4. The molecule has 3 aliphatic heterocycles. The number of methoxy groups -OCH3 is 1. The Bertz CT molecular complexity index is 1290. The highest BCUT2D eigenvalue weighted by atomic mass is 16.5. The molecule has 0 aliphatic carbocycles. The first-order chi connectivity index (χ1) is 18.1. The van der Waals surface area contributed by atoms with E-state index in [1.807, 2.05) is 30.5 Å². The fourth-order valence-electron chi connectivity index (χ4n) is 5.89. The summed E-state index contributed by atoms with van der Waals surface area (Å²) in [6.07, 6.45) is 8.41. The zero-order valence-corrected chi connectivity index (χ0v) is 21.8. The number of pyridine rings is 2. The third-order valence-corrected chi connectivity index (χ3v) is 8.13. The lowest BCUT2D eigenvalue weighted by Gasteiger charge is -2.44. The molecule has 3 aromatic rings. The molecular formula is C30H35N5O2. The van der Waals surface area contributed by atoms with Gasteiger partial charge in [0.05, 0.1) is 36.1 Å².